The smallest absolute Gasteiger partial charge is 0.257 e. The third-order valence-corrected chi connectivity index (χ3v) is 4.73. The van der Waals surface area contributed by atoms with Gasteiger partial charge in [0.05, 0.1) is 0 Å². The molecule has 6 heteroatoms. The Morgan fingerprint density at radius 2 is 2.00 bits per heavy atom. The molecule has 0 saturated carbocycles. The van der Waals surface area contributed by atoms with E-state index in [0.29, 0.717) is 22.3 Å². The summed E-state index contributed by atoms with van der Waals surface area (Å²) in [6.45, 7) is 2.10. The first-order valence-corrected chi connectivity index (χ1v) is 7.87. The fourth-order valence-electron chi connectivity index (χ4n) is 2.44. The molecule has 21 heavy (non-hydrogen) atoms. The lowest BCUT2D eigenvalue weighted by atomic mass is 9.97. The Hall–Kier alpha value is -1.92. The minimum Gasteiger partial charge on any atom is -0.399 e. The molecule has 1 aromatic heterocycles. The van der Waals surface area contributed by atoms with Crippen molar-refractivity contribution in [2.45, 2.75) is 18.8 Å². The van der Waals surface area contributed by atoms with Crippen LogP contribution in [0.5, 0.6) is 0 Å². The van der Waals surface area contributed by atoms with Gasteiger partial charge in [-0.3, -0.25) is 10.1 Å². The van der Waals surface area contributed by atoms with Gasteiger partial charge in [0.1, 0.15) is 0 Å². The van der Waals surface area contributed by atoms with E-state index in [-0.39, 0.29) is 5.91 Å². The van der Waals surface area contributed by atoms with E-state index in [1.165, 1.54) is 4.88 Å². The van der Waals surface area contributed by atoms with Crippen molar-refractivity contribution in [3.63, 3.8) is 0 Å². The van der Waals surface area contributed by atoms with Gasteiger partial charge >= 0.3 is 0 Å². The van der Waals surface area contributed by atoms with Crippen LogP contribution >= 0.6 is 11.3 Å². The van der Waals surface area contributed by atoms with Crippen LogP contribution in [0.2, 0.25) is 0 Å². The van der Waals surface area contributed by atoms with Crippen LogP contribution in [0, 0.1) is 0 Å². The van der Waals surface area contributed by atoms with Gasteiger partial charge in [0, 0.05) is 22.3 Å². The van der Waals surface area contributed by atoms with Crippen LogP contribution in [0.25, 0.3) is 0 Å². The lowest BCUT2D eigenvalue weighted by Gasteiger charge is -2.20. The number of hydrogen-bond donors (Lipinski definition) is 3. The summed E-state index contributed by atoms with van der Waals surface area (Å²) in [5.41, 5.74) is 6.85. The number of amides is 1. The number of carbonyl (C=O) groups excluding carboxylic acids is 1. The molecule has 0 atom stereocenters. The monoisotopic (exact) mass is 302 g/mol. The fraction of sp³-hybridized carbons (Fsp3) is 0.333. The number of nitrogens with one attached hydrogen (secondary N) is 2. The quantitative estimate of drug-likeness (QED) is 0.761. The van der Waals surface area contributed by atoms with Crippen molar-refractivity contribution in [1.82, 2.24) is 10.3 Å². The zero-order valence-electron chi connectivity index (χ0n) is 11.6. The van der Waals surface area contributed by atoms with Gasteiger partial charge < -0.3 is 11.1 Å². The van der Waals surface area contributed by atoms with Crippen LogP contribution in [0.3, 0.4) is 0 Å². The average Bonchev–Trinajstić information content (AvgIpc) is 2.97. The second-order valence-corrected chi connectivity index (χ2v) is 6.23. The van der Waals surface area contributed by atoms with E-state index in [9.17, 15) is 4.79 Å². The number of aromatic nitrogens is 1. The number of hydrogen-bond acceptors (Lipinski definition) is 5. The molecule has 0 bridgehead atoms. The molecule has 1 aliphatic heterocycles. The van der Waals surface area contributed by atoms with Crippen LogP contribution < -0.4 is 16.4 Å². The summed E-state index contributed by atoms with van der Waals surface area (Å²) in [5, 5.41) is 6.86. The molecule has 1 aromatic carbocycles. The fourth-order valence-corrected chi connectivity index (χ4v) is 3.42. The predicted octanol–water partition coefficient (Wildman–Crippen LogP) is 2.44. The molecule has 2 aromatic rings. The van der Waals surface area contributed by atoms with Gasteiger partial charge in [-0.1, -0.05) is 0 Å². The van der Waals surface area contributed by atoms with Gasteiger partial charge in [0.25, 0.3) is 5.91 Å². The van der Waals surface area contributed by atoms with Gasteiger partial charge in [-0.15, -0.1) is 11.3 Å². The second kappa shape index (κ2) is 6.24. The molecule has 0 spiro atoms. The molecule has 5 nitrogen and oxygen atoms in total. The van der Waals surface area contributed by atoms with E-state index >= 15 is 0 Å². The minimum absolute atomic E-state index is 0.152. The highest BCUT2D eigenvalue weighted by Crippen LogP contribution is 2.31. The van der Waals surface area contributed by atoms with Crippen molar-refractivity contribution in [1.29, 1.82) is 0 Å². The van der Waals surface area contributed by atoms with E-state index in [1.54, 1.807) is 35.6 Å². The summed E-state index contributed by atoms with van der Waals surface area (Å²) in [4.78, 5) is 17.7. The van der Waals surface area contributed by atoms with Gasteiger partial charge in [-0.2, -0.15) is 0 Å². The number of nitrogens with zero attached hydrogens (tertiary/aromatic N) is 1. The Labute approximate surface area is 127 Å². The Kier molecular flexibility index (Phi) is 4.17. The normalized spacial score (nSPS) is 15.8. The zero-order valence-corrected chi connectivity index (χ0v) is 12.5. The Morgan fingerprint density at radius 1 is 1.29 bits per heavy atom. The van der Waals surface area contributed by atoms with E-state index in [2.05, 4.69) is 15.6 Å². The van der Waals surface area contributed by atoms with Crippen molar-refractivity contribution in [3.05, 3.63) is 40.9 Å². The van der Waals surface area contributed by atoms with Crippen LogP contribution in [0.15, 0.2) is 30.5 Å². The lowest BCUT2D eigenvalue weighted by Crippen LogP contribution is -2.26. The number of benzene rings is 1. The van der Waals surface area contributed by atoms with Gasteiger partial charge in [-0.05, 0) is 56.1 Å². The van der Waals surface area contributed by atoms with Crippen molar-refractivity contribution in [3.8, 4) is 0 Å². The number of nitrogens with two attached hydrogens (primary N) is 1. The number of rotatable bonds is 3. The molecule has 2 heterocycles. The SMILES string of the molecule is Nc1ccc(C(=O)Nc2ncc(C3CCNCC3)s2)cc1. The third kappa shape index (κ3) is 3.40. The minimum atomic E-state index is -0.152. The highest BCUT2D eigenvalue weighted by Gasteiger charge is 2.18. The highest BCUT2D eigenvalue weighted by atomic mass is 32.1. The molecule has 1 aliphatic rings. The van der Waals surface area contributed by atoms with Crippen molar-refractivity contribution in [2.75, 3.05) is 24.1 Å². The summed E-state index contributed by atoms with van der Waals surface area (Å²) < 4.78 is 0. The van der Waals surface area contributed by atoms with Crippen molar-refractivity contribution >= 4 is 28.1 Å². The first-order chi connectivity index (χ1) is 10.2. The Bertz CT molecular complexity index is 617. The number of thiazole rings is 1. The maximum absolute atomic E-state index is 12.1. The van der Waals surface area contributed by atoms with Gasteiger partial charge in [-0.25, -0.2) is 4.98 Å². The summed E-state index contributed by atoms with van der Waals surface area (Å²) >= 11 is 1.57. The van der Waals surface area contributed by atoms with E-state index < -0.39 is 0 Å². The molecular formula is C15H18N4OS. The molecule has 1 saturated heterocycles. The Balaban J connectivity index is 1.66. The summed E-state index contributed by atoms with van der Waals surface area (Å²) in [6.07, 6.45) is 4.15. The number of carbonyl (C=O) groups is 1. The van der Waals surface area contributed by atoms with Crippen LogP contribution in [-0.4, -0.2) is 24.0 Å². The highest BCUT2D eigenvalue weighted by molar-refractivity contribution is 7.15. The molecule has 110 valence electrons. The lowest BCUT2D eigenvalue weighted by molar-refractivity contribution is 0.102. The van der Waals surface area contributed by atoms with Crippen LogP contribution in [0.1, 0.15) is 34.0 Å². The standard InChI is InChI=1S/C15H18N4OS/c16-12-3-1-11(2-4-12)14(20)19-15-18-9-13(21-15)10-5-7-17-8-6-10/h1-4,9-10,17H,5-8,16H2,(H,18,19,20). The average molecular weight is 302 g/mol. The predicted molar refractivity (Wildman–Crippen MR) is 85.8 cm³/mol. The van der Waals surface area contributed by atoms with Gasteiger partial charge in [0.15, 0.2) is 5.13 Å². The molecule has 3 rings (SSSR count). The summed E-state index contributed by atoms with van der Waals surface area (Å²) in [7, 11) is 0. The molecule has 1 amide bonds. The maximum Gasteiger partial charge on any atom is 0.257 e. The largest absolute Gasteiger partial charge is 0.399 e. The topological polar surface area (TPSA) is 80.0 Å². The van der Waals surface area contributed by atoms with E-state index in [0.717, 1.165) is 25.9 Å². The number of nitrogen functional groups attached to an aromatic ring is 1. The van der Waals surface area contributed by atoms with Gasteiger partial charge in [0.2, 0.25) is 0 Å². The van der Waals surface area contributed by atoms with E-state index in [4.69, 9.17) is 5.73 Å². The van der Waals surface area contributed by atoms with Crippen molar-refractivity contribution < 1.29 is 4.79 Å². The molecule has 4 N–H and O–H groups in total. The van der Waals surface area contributed by atoms with Crippen molar-refractivity contribution in [2.24, 2.45) is 0 Å². The summed E-state index contributed by atoms with van der Waals surface area (Å²) in [5.74, 6) is 0.409. The number of anilines is 2. The molecule has 0 aliphatic carbocycles. The molecular weight excluding hydrogens is 284 g/mol. The first-order valence-electron chi connectivity index (χ1n) is 7.06. The Morgan fingerprint density at radius 3 is 2.71 bits per heavy atom. The molecule has 1 fully saturated rings. The number of piperidine rings is 1. The van der Waals surface area contributed by atoms with Crippen LogP contribution in [-0.2, 0) is 0 Å². The molecule has 0 unspecified atom stereocenters. The van der Waals surface area contributed by atoms with Crippen LogP contribution in [0.4, 0.5) is 10.8 Å². The summed E-state index contributed by atoms with van der Waals surface area (Å²) in [6, 6.07) is 6.87. The second-order valence-electron chi connectivity index (χ2n) is 5.17. The maximum atomic E-state index is 12.1. The zero-order chi connectivity index (χ0) is 14.7. The third-order valence-electron chi connectivity index (χ3n) is 3.66. The van der Waals surface area contributed by atoms with E-state index in [1.807, 2.05) is 6.20 Å². The first kappa shape index (κ1) is 14.0. The molecule has 0 radical (unpaired) electrons.